The summed E-state index contributed by atoms with van der Waals surface area (Å²) in [5.74, 6) is 3.00. The van der Waals surface area contributed by atoms with E-state index in [1.807, 2.05) is 7.11 Å². The first kappa shape index (κ1) is 19.2. The van der Waals surface area contributed by atoms with E-state index in [1.54, 1.807) is 0 Å². The van der Waals surface area contributed by atoms with E-state index in [0.29, 0.717) is 0 Å². The predicted molar refractivity (Wildman–Crippen MR) is 96.4 cm³/mol. The van der Waals surface area contributed by atoms with Crippen LogP contribution in [-0.4, -0.2) is 32.7 Å². The van der Waals surface area contributed by atoms with Crippen molar-refractivity contribution in [1.82, 2.24) is 0 Å². The average Bonchev–Trinajstić information content (AvgIpc) is 2.39. The zero-order valence-electron chi connectivity index (χ0n) is 11.7. The van der Waals surface area contributed by atoms with Gasteiger partial charge >= 0.3 is 0 Å². The molecule has 0 aromatic rings. The van der Waals surface area contributed by atoms with E-state index < -0.39 is 8.32 Å². The molecule has 0 saturated heterocycles. The van der Waals surface area contributed by atoms with Crippen LogP contribution in [0.15, 0.2) is 0 Å². The lowest BCUT2D eigenvalue weighted by Gasteiger charge is -2.30. The monoisotopic (exact) mass is 326 g/mol. The van der Waals surface area contributed by atoms with Gasteiger partial charge in [-0.2, -0.15) is 37.9 Å². The summed E-state index contributed by atoms with van der Waals surface area (Å²) in [6.07, 6.45) is 7.52. The molecule has 0 aliphatic rings. The molecule has 0 N–H and O–H groups in total. The number of hydrogen-bond donors (Lipinski definition) is 3. The highest BCUT2D eigenvalue weighted by Crippen LogP contribution is 2.29. The first-order chi connectivity index (χ1) is 8.74. The fraction of sp³-hybridized carbons (Fsp3) is 1.00. The van der Waals surface area contributed by atoms with Gasteiger partial charge in [0.05, 0.1) is 0 Å². The molecule has 0 radical (unpaired) electrons. The zero-order valence-corrected chi connectivity index (χ0v) is 15.4. The molecule has 0 saturated carbocycles. The molecular weight excluding hydrogens is 296 g/mol. The van der Waals surface area contributed by atoms with Crippen LogP contribution in [-0.2, 0) is 4.43 Å². The summed E-state index contributed by atoms with van der Waals surface area (Å²) in [6, 6.07) is 3.93. The van der Waals surface area contributed by atoms with Crippen LogP contribution in [0.2, 0.25) is 18.1 Å². The standard InChI is InChI=1S/C13H30OS3Si/c1-14-18(11-5-2-8-15,12-6-3-9-16)13-7-4-10-17/h15-17H,2-13H2,1H3. The van der Waals surface area contributed by atoms with Gasteiger partial charge in [-0.1, -0.05) is 19.3 Å². The lowest BCUT2D eigenvalue weighted by atomic mass is 10.4. The largest absolute Gasteiger partial charge is 0.420 e. The molecule has 0 aliphatic heterocycles. The van der Waals surface area contributed by atoms with Gasteiger partial charge in [0.2, 0.25) is 0 Å². The van der Waals surface area contributed by atoms with Crippen molar-refractivity contribution in [2.45, 2.75) is 56.7 Å². The molecule has 0 aliphatic carbocycles. The highest BCUT2D eigenvalue weighted by atomic mass is 32.1. The minimum absolute atomic E-state index is 1.00. The van der Waals surface area contributed by atoms with Crippen LogP contribution < -0.4 is 0 Å². The molecule has 0 bridgehead atoms. The van der Waals surface area contributed by atoms with E-state index in [0.717, 1.165) is 17.3 Å². The lowest BCUT2D eigenvalue weighted by Crippen LogP contribution is -2.37. The fourth-order valence-electron chi connectivity index (χ4n) is 2.36. The molecule has 18 heavy (non-hydrogen) atoms. The summed E-state index contributed by atoms with van der Waals surface area (Å²) in [5, 5.41) is 0. The number of unbranched alkanes of at least 4 members (excludes halogenated alkanes) is 3. The third-order valence-electron chi connectivity index (χ3n) is 3.55. The smallest absolute Gasteiger partial charge is 0.192 e. The van der Waals surface area contributed by atoms with Crippen molar-refractivity contribution in [1.29, 1.82) is 0 Å². The SMILES string of the molecule is CO[Si](CCCCS)(CCCCS)CCCCS. The molecule has 110 valence electrons. The highest BCUT2D eigenvalue weighted by Gasteiger charge is 2.31. The molecule has 0 fully saturated rings. The third-order valence-corrected chi connectivity index (χ3v) is 9.16. The Hall–Kier alpha value is 1.23. The Bertz CT molecular complexity index is 155. The summed E-state index contributed by atoms with van der Waals surface area (Å²) in [5.41, 5.74) is 0. The van der Waals surface area contributed by atoms with Gasteiger partial charge in [-0.3, -0.25) is 0 Å². The van der Waals surface area contributed by atoms with Crippen LogP contribution >= 0.6 is 37.9 Å². The number of rotatable bonds is 13. The molecule has 0 aromatic carbocycles. The van der Waals surface area contributed by atoms with E-state index in [1.165, 1.54) is 56.7 Å². The lowest BCUT2D eigenvalue weighted by molar-refractivity contribution is 0.383. The molecule has 0 amide bonds. The van der Waals surface area contributed by atoms with Gasteiger partial charge in [0.15, 0.2) is 8.32 Å². The van der Waals surface area contributed by atoms with Gasteiger partial charge in [0, 0.05) is 7.11 Å². The van der Waals surface area contributed by atoms with Gasteiger partial charge in [-0.05, 0) is 54.7 Å². The summed E-state index contributed by atoms with van der Waals surface area (Å²) < 4.78 is 6.04. The molecule has 0 aromatic heterocycles. The van der Waals surface area contributed by atoms with Crippen LogP contribution in [0.5, 0.6) is 0 Å². The van der Waals surface area contributed by atoms with Crippen molar-refractivity contribution in [3.05, 3.63) is 0 Å². The Morgan fingerprint density at radius 3 is 1.22 bits per heavy atom. The van der Waals surface area contributed by atoms with Crippen LogP contribution in [0.1, 0.15) is 38.5 Å². The van der Waals surface area contributed by atoms with E-state index in [-0.39, 0.29) is 0 Å². The average molecular weight is 327 g/mol. The molecule has 5 heteroatoms. The summed E-state index contributed by atoms with van der Waals surface area (Å²) >= 11 is 12.9. The van der Waals surface area contributed by atoms with Gasteiger partial charge in [0.25, 0.3) is 0 Å². The van der Waals surface area contributed by atoms with E-state index in [4.69, 9.17) is 4.43 Å². The van der Waals surface area contributed by atoms with Crippen LogP contribution in [0.3, 0.4) is 0 Å². The summed E-state index contributed by atoms with van der Waals surface area (Å²) in [7, 11) is 0.456. The quantitative estimate of drug-likeness (QED) is 0.252. The van der Waals surface area contributed by atoms with Crippen molar-refractivity contribution in [3.63, 3.8) is 0 Å². The van der Waals surface area contributed by atoms with Crippen molar-refractivity contribution >= 4 is 46.2 Å². The highest BCUT2D eigenvalue weighted by molar-refractivity contribution is 7.80. The van der Waals surface area contributed by atoms with Crippen molar-refractivity contribution in [3.8, 4) is 0 Å². The summed E-state index contributed by atoms with van der Waals surface area (Å²) in [4.78, 5) is 0. The normalized spacial score (nSPS) is 12.0. The van der Waals surface area contributed by atoms with Crippen LogP contribution in [0, 0.1) is 0 Å². The Kier molecular flexibility index (Phi) is 14.1. The van der Waals surface area contributed by atoms with Gasteiger partial charge in [0.1, 0.15) is 0 Å². The van der Waals surface area contributed by atoms with Gasteiger partial charge in [-0.25, -0.2) is 0 Å². The van der Waals surface area contributed by atoms with E-state index in [9.17, 15) is 0 Å². The van der Waals surface area contributed by atoms with E-state index >= 15 is 0 Å². The minimum Gasteiger partial charge on any atom is -0.420 e. The van der Waals surface area contributed by atoms with Gasteiger partial charge < -0.3 is 4.43 Å². The Morgan fingerprint density at radius 1 is 0.667 bits per heavy atom. The molecule has 0 unspecified atom stereocenters. The molecular formula is C13H30OS3Si. The van der Waals surface area contributed by atoms with Gasteiger partial charge in [-0.15, -0.1) is 0 Å². The maximum Gasteiger partial charge on any atom is 0.192 e. The summed E-state index contributed by atoms with van der Waals surface area (Å²) in [6.45, 7) is 0. The Morgan fingerprint density at radius 2 is 1.00 bits per heavy atom. The topological polar surface area (TPSA) is 9.23 Å². The van der Waals surface area contributed by atoms with E-state index in [2.05, 4.69) is 37.9 Å². The second-order valence-corrected chi connectivity index (χ2v) is 10.5. The van der Waals surface area contributed by atoms with Crippen molar-refractivity contribution in [2.24, 2.45) is 0 Å². The number of hydrogen-bond acceptors (Lipinski definition) is 4. The Balaban J connectivity index is 4.20. The predicted octanol–water partition coefficient (Wildman–Crippen LogP) is 4.71. The minimum atomic E-state index is -1.48. The second kappa shape index (κ2) is 13.2. The molecule has 0 rings (SSSR count). The molecule has 0 atom stereocenters. The van der Waals surface area contributed by atoms with Crippen molar-refractivity contribution < 1.29 is 4.43 Å². The number of thiol groups is 3. The Labute approximate surface area is 131 Å². The first-order valence-electron chi connectivity index (χ1n) is 7.12. The first-order valence-corrected chi connectivity index (χ1v) is 11.5. The molecule has 0 heterocycles. The van der Waals surface area contributed by atoms with Crippen LogP contribution in [0.4, 0.5) is 0 Å². The maximum atomic E-state index is 6.04. The third kappa shape index (κ3) is 9.18. The molecule has 0 spiro atoms. The fourth-order valence-corrected chi connectivity index (χ4v) is 7.07. The maximum absolute atomic E-state index is 6.04. The second-order valence-electron chi connectivity index (χ2n) is 4.93. The zero-order chi connectivity index (χ0) is 13.7. The van der Waals surface area contributed by atoms with Crippen molar-refractivity contribution in [2.75, 3.05) is 24.4 Å². The van der Waals surface area contributed by atoms with Crippen LogP contribution in [0.25, 0.3) is 0 Å². The molecule has 1 nitrogen and oxygen atoms in total.